The SMILES string of the molecule is CCC[CH2][SnH]([CH2]CCC)[CH2]CCC.Clc1ccc(Cl)nn1. The van der Waals surface area contributed by atoms with Gasteiger partial charge in [0, 0.05) is 0 Å². The van der Waals surface area contributed by atoms with Crippen molar-refractivity contribution < 1.29 is 0 Å². The van der Waals surface area contributed by atoms with Crippen molar-refractivity contribution in [3.8, 4) is 0 Å². The van der Waals surface area contributed by atoms with E-state index in [1.165, 1.54) is 38.5 Å². The van der Waals surface area contributed by atoms with Crippen molar-refractivity contribution in [2.75, 3.05) is 0 Å². The molecule has 2 nitrogen and oxygen atoms in total. The molecule has 21 heavy (non-hydrogen) atoms. The summed E-state index contributed by atoms with van der Waals surface area (Å²) in [5.74, 6) is 0. The molecule has 0 aliphatic carbocycles. The molecule has 0 aromatic carbocycles. The zero-order valence-corrected chi connectivity index (χ0v) is 18.6. The van der Waals surface area contributed by atoms with Gasteiger partial charge in [-0.05, 0) is 12.1 Å². The van der Waals surface area contributed by atoms with Crippen LogP contribution in [0.1, 0.15) is 59.3 Å². The number of halogens is 2. The molecule has 1 heterocycles. The third-order valence-electron chi connectivity index (χ3n) is 3.50. The Morgan fingerprint density at radius 1 is 0.762 bits per heavy atom. The second-order valence-corrected chi connectivity index (χ2v) is 16.1. The predicted octanol–water partition coefficient (Wildman–Crippen LogP) is 6.40. The van der Waals surface area contributed by atoms with Gasteiger partial charge in [-0.15, -0.1) is 10.2 Å². The van der Waals surface area contributed by atoms with E-state index in [0.29, 0.717) is 10.3 Å². The molecule has 0 aliphatic heterocycles. The summed E-state index contributed by atoms with van der Waals surface area (Å²) < 4.78 is 5.08. The summed E-state index contributed by atoms with van der Waals surface area (Å²) >= 11 is 9.79. The molecule has 1 rings (SSSR count). The third-order valence-corrected chi connectivity index (χ3v) is 14.4. The van der Waals surface area contributed by atoms with Crippen LogP contribution in [0.25, 0.3) is 0 Å². The molecular weight excluding hydrogens is 410 g/mol. The molecule has 0 saturated heterocycles. The van der Waals surface area contributed by atoms with E-state index in [9.17, 15) is 0 Å². The van der Waals surface area contributed by atoms with Crippen LogP contribution in [0.2, 0.25) is 23.6 Å². The Morgan fingerprint density at radius 3 is 1.33 bits per heavy atom. The van der Waals surface area contributed by atoms with Gasteiger partial charge in [-0.2, -0.15) is 0 Å². The van der Waals surface area contributed by atoms with Gasteiger partial charge in [-0.1, -0.05) is 23.2 Å². The monoisotopic (exact) mass is 440 g/mol. The van der Waals surface area contributed by atoms with E-state index in [1.54, 1.807) is 25.4 Å². The zero-order chi connectivity index (χ0) is 15.9. The molecule has 0 bridgehead atoms. The zero-order valence-electron chi connectivity index (χ0n) is 13.7. The van der Waals surface area contributed by atoms with Crippen LogP contribution < -0.4 is 0 Å². The number of unbranched alkanes of at least 4 members (excludes halogenated alkanes) is 3. The van der Waals surface area contributed by atoms with E-state index >= 15 is 0 Å². The van der Waals surface area contributed by atoms with Crippen LogP contribution in [-0.4, -0.2) is 30.0 Å². The van der Waals surface area contributed by atoms with Crippen LogP contribution in [0, 0.1) is 0 Å². The van der Waals surface area contributed by atoms with E-state index in [2.05, 4.69) is 31.0 Å². The van der Waals surface area contributed by atoms with Gasteiger partial charge in [-0.3, -0.25) is 0 Å². The Labute approximate surface area is 147 Å². The topological polar surface area (TPSA) is 25.8 Å². The van der Waals surface area contributed by atoms with Crippen LogP contribution >= 0.6 is 23.2 Å². The van der Waals surface area contributed by atoms with Crippen molar-refractivity contribution in [3.63, 3.8) is 0 Å². The van der Waals surface area contributed by atoms with Crippen LogP contribution in [0.5, 0.6) is 0 Å². The minimum absolute atomic E-state index is 0.356. The van der Waals surface area contributed by atoms with Gasteiger partial charge in [-0.25, -0.2) is 0 Å². The number of nitrogens with zero attached hydrogens (tertiary/aromatic N) is 2. The van der Waals surface area contributed by atoms with E-state index in [1.807, 2.05) is 0 Å². The second kappa shape index (κ2) is 15.4. The van der Waals surface area contributed by atoms with Crippen molar-refractivity contribution >= 4 is 43.0 Å². The number of rotatable bonds is 9. The summed E-state index contributed by atoms with van der Waals surface area (Å²) in [4.78, 5) is 0. The van der Waals surface area contributed by atoms with Gasteiger partial charge < -0.3 is 0 Å². The minimum atomic E-state index is -0.967. The average molecular weight is 440 g/mol. The first kappa shape index (κ1) is 21.5. The third kappa shape index (κ3) is 13.8. The van der Waals surface area contributed by atoms with Gasteiger partial charge in [0.25, 0.3) is 0 Å². The van der Waals surface area contributed by atoms with E-state index in [4.69, 9.17) is 23.2 Å². The van der Waals surface area contributed by atoms with Gasteiger partial charge >= 0.3 is 92.4 Å². The molecule has 0 aliphatic rings. The van der Waals surface area contributed by atoms with Gasteiger partial charge in [0.2, 0.25) is 0 Å². The molecular formula is C16H30Cl2N2Sn. The Bertz CT molecular complexity index is 294. The van der Waals surface area contributed by atoms with E-state index < -0.39 is 19.8 Å². The first-order chi connectivity index (χ1) is 10.1. The molecule has 5 heteroatoms. The summed E-state index contributed by atoms with van der Waals surface area (Å²) in [5.41, 5.74) is 0. The normalized spacial score (nSPS) is 10.4. The van der Waals surface area contributed by atoms with Gasteiger partial charge in [0.1, 0.15) is 0 Å². The Balaban J connectivity index is 0.000000423. The summed E-state index contributed by atoms with van der Waals surface area (Å²) in [7, 11) is 0. The predicted molar refractivity (Wildman–Crippen MR) is 98.3 cm³/mol. The average Bonchev–Trinajstić information content (AvgIpc) is 2.50. The van der Waals surface area contributed by atoms with Crippen molar-refractivity contribution in [2.45, 2.75) is 72.6 Å². The van der Waals surface area contributed by atoms with Crippen molar-refractivity contribution in [2.24, 2.45) is 0 Å². The summed E-state index contributed by atoms with van der Waals surface area (Å²) in [5, 5.41) is 7.64. The molecule has 0 fully saturated rings. The van der Waals surface area contributed by atoms with Crippen LogP contribution in [0.15, 0.2) is 12.1 Å². The molecule has 0 spiro atoms. The summed E-state index contributed by atoms with van der Waals surface area (Å²) in [6.45, 7) is 7.01. The maximum Gasteiger partial charge on any atom is 0.151 e. The molecule has 1 aromatic rings. The molecule has 1 aromatic heterocycles. The first-order valence-electron chi connectivity index (χ1n) is 8.28. The summed E-state index contributed by atoms with van der Waals surface area (Å²) in [6, 6.07) is 3.16. The number of hydrogen-bond donors (Lipinski definition) is 0. The smallest absolute Gasteiger partial charge is 0.137 e. The minimum Gasteiger partial charge on any atom is -0.137 e. The maximum atomic E-state index is 5.38. The van der Waals surface area contributed by atoms with Gasteiger partial charge in [0.05, 0.1) is 0 Å². The molecule has 0 radical (unpaired) electrons. The number of aromatic nitrogens is 2. The van der Waals surface area contributed by atoms with Crippen LogP contribution in [-0.2, 0) is 0 Å². The fraction of sp³-hybridized carbons (Fsp3) is 0.750. The molecule has 0 N–H and O–H groups in total. The van der Waals surface area contributed by atoms with Crippen LogP contribution in [0.4, 0.5) is 0 Å². The Kier molecular flexibility index (Phi) is 15.7. The van der Waals surface area contributed by atoms with Gasteiger partial charge in [0.15, 0.2) is 10.3 Å². The standard InChI is InChI=1S/C4H2Cl2N2.3C4H9.Sn.H/c5-3-1-2-4(6)8-7-3;3*1-3-4-2;;/h1-2H;3*1,3-4H2,2H3;;. The van der Waals surface area contributed by atoms with Crippen molar-refractivity contribution in [1.82, 2.24) is 10.2 Å². The summed E-state index contributed by atoms with van der Waals surface area (Å²) in [6.07, 6.45) is 8.87. The Hall–Kier alpha value is 0.459. The van der Waals surface area contributed by atoms with Crippen molar-refractivity contribution in [1.29, 1.82) is 0 Å². The number of hydrogen-bond acceptors (Lipinski definition) is 2. The van der Waals surface area contributed by atoms with E-state index in [-0.39, 0.29) is 0 Å². The molecule has 122 valence electrons. The molecule has 0 unspecified atom stereocenters. The first-order valence-corrected chi connectivity index (χ1v) is 16.0. The fourth-order valence-corrected chi connectivity index (χ4v) is 13.3. The fourth-order valence-electron chi connectivity index (χ4n) is 2.21. The maximum absolute atomic E-state index is 5.38. The quantitative estimate of drug-likeness (QED) is 0.416. The molecule has 0 amide bonds. The largest absolute Gasteiger partial charge is 0.151 e. The Morgan fingerprint density at radius 2 is 1.10 bits per heavy atom. The van der Waals surface area contributed by atoms with Crippen molar-refractivity contribution in [3.05, 3.63) is 22.4 Å². The molecule has 0 atom stereocenters. The van der Waals surface area contributed by atoms with Crippen LogP contribution in [0.3, 0.4) is 0 Å². The van der Waals surface area contributed by atoms with E-state index in [0.717, 1.165) is 0 Å². The molecule has 0 saturated carbocycles. The second-order valence-electron chi connectivity index (χ2n) is 5.47.